The average molecular weight is 466 g/mol. The highest BCUT2D eigenvalue weighted by Gasteiger charge is 2.52. The van der Waals surface area contributed by atoms with Crippen LogP contribution in [0.15, 0.2) is 42.5 Å². The van der Waals surface area contributed by atoms with Crippen LogP contribution in [0.3, 0.4) is 0 Å². The van der Waals surface area contributed by atoms with Crippen molar-refractivity contribution in [3.05, 3.63) is 64.7 Å². The lowest BCUT2D eigenvalue weighted by Crippen LogP contribution is -2.13. The summed E-state index contributed by atoms with van der Waals surface area (Å²) in [5.41, 5.74) is 3.08. The Morgan fingerprint density at radius 3 is 2.06 bits per heavy atom. The lowest BCUT2D eigenvalue weighted by Gasteiger charge is -2.22. The number of phenolic OH excluding ortho intramolecular Hbond substituents is 4. The fourth-order valence-corrected chi connectivity index (χ4v) is 5.50. The van der Waals surface area contributed by atoms with Gasteiger partial charge in [-0.2, -0.15) is 0 Å². The molecular weight excluding hydrogens is 440 g/mol. The molecule has 0 radical (unpaired) electrons. The SMILES string of the molecule is COc1cc(C2OC[C@@H]3C(c4cc(OC)c(O)c(OC)c4)c4c(O)cc(O)cc4[C@H]23)ccc1O. The molecule has 0 amide bonds. The first kappa shape index (κ1) is 22.0. The molecule has 8 nitrogen and oxygen atoms in total. The Kier molecular flexibility index (Phi) is 5.32. The van der Waals surface area contributed by atoms with Gasteiger partial charge in [0.1, 0.15) is 11.5 Å². The largest absolute Gasteiger partial charge is 0.508 e. The molecule has 0 aromatic heterocycles. The molecule has 1 saturated heterocycles. The van der Waals surface area contributed by atoms with E-state index in [-0.39, 0.29) is 58.4 Å². The van der Waals surface area contributed by atoms with Crippen LogP contribution in [0.4, 0.5) is 0 Å². The van der Waals surface area contributed by atoms with Gasteiger partial charge in [-0.25, -0.2) is 0 Å². The van der Waals surface area contributed by atoms with Crippen LogP contribution in [0, 0.1) is 5.92 Å². The number of hydrogen-bond acceptors (Lipinski definition) is 8. The second-order valence-electron chi connectivity index (χ2n) is 8.59. The zero-order chi connectivity index (χ0) is 24.1. The molecule has 0 spiro atoms. The minimum absolute atomic E-state index is 0.0116. The molecule has 3 aromatic carbocycles. The molecule has 1 aliphatic heterocycles. The number of hydrogen-bond donors (Lipinski definition) is 4. The smallest absolute Gasteiger partial charge is 0.200 e. The summed E-state index contributed by atoms with van der Waals surface area (Å²) in [5.74, 6) is 0.184. The van der Waals surface area contributed by atoms with E-state index in [0.29, 0.717) is 17.9 Å². The summed E-state index contributed by atoms with van der Waals surface area (Å²) in [6.45, 7) is 0.392. The predicted molar refractivity (Wildman–Crippen MR) is 122 cm³/mol. The Bertz CT molecular complexity index is 1230. The number of ether oxygens (including phenoxy) is 4. The number of phenols is 4. The third kappa shape index (κ3) is 3.25. The summed E-state index contributed by atoms with van der Waals surface area (Å²) in [7, 11) is 4.41. The highest BCUT2D eigenvalue weighted by molar-refractivity contribution is 5.61. The highest BCUT2D eigenvalue weighted by Crippen LogP contribution is 2.62. The number of aromatic hydroxyl groups is 4. The predicted octanol–water partition coefficient (Wildman–Crippen LogP) is 4.15. The molecule has 4 atom stereocenters. The first-order chi connectivity index (χ1) is 16.4. The van der Waals surface area contributed by atoms with Gasteiger partial charge in [-0.15, -0.1) is 0 Å². The minimum Gasteiger partial charge on any atom is -0.508 e. The maximum absolute atomic E-state index is 10.9. The van der Waals surface area contributed by atoms with Crippen molar-refractivity contribution in [2.45, 2.75) is 17.9 Å². The van der Waals surface area contributed by atoms with Crippen LogP contribution in [0.25, 0.3) is 0 Å². The standard InChI is InChI=1S/C26H26O8/c1-31-19-6-12(4-5-17(19)28)26-23-15-9-14(27)10-18(29)24(15)22(16(23)11-34-26)13-7-20(32-2)25(30)21(8-13)33-3/h4-10,16,22-23,26-30H,11H2,1-3H3/t16-,22?,23+,26?/m1/s1. The molecule has 0 bridgehead atoms. The van der Waals surface area contributed by atoms with E-state index in [9.17, 15) is 20.4 Å². The molecule has 8 heteroatoms. The Hall–Kier alpha value is -3.78. The van der Waals surface area contributed by atoms with Crippen LogP contribution in [0.1, 0.15) is 40.2 Å². The first-order valence-electron chi connectivity index (χ1n) is 10.9. The Morgan fingerprint density at radius 2 is 1.41 bits per heavy atom. The summed E-state index contributed by atoms with van der Waals surface area (Å²) in [6.07, 6.45) is -0.384. The summed E-state index contributed by atoms with van der Waals surface area (Å²) >= 11 is 0. The highest BCUT2D eigenvalue weighted by atomic mass is 16.5. The lowest BCUT2D eigenvalue weighted by atomic mass is 9.81. The van der Waals surface area contributed by atoms with Gasteiger partial charge in [0.25, 0.3) is 0 Å². The van der Waals surface area contributed by atoms with Crippen LogP contribution >= 0.6 is 0 Å². The quantitative estimate of drug-likeness (QED) is 0.443. The number of rotatable bonds is 5. The van der Waals surface area contributed by atoms with E-state index >= 15 is 0 Å². The fourth-order valence-electron chi connectivity index (χ4n) is 5.50. The monoisotopic (exact) mass is 466 g/mol. The van der Waals surface area contributed by atoms with E-state index in [2.05, 4.69) is 0 Å². The second kappa shape index (κ2) is 8.22. The molecule has 4 N–H and O–H groups in total. The Labute approximate surface area is 196 Å². The molecule has 178 valence electrons. The summed E-state index contributed by atoms with van der Waals surface area (Å²) in [6, 6.07) is 11.6. The van der Waals surface area contributed by atoms with E-state index in [1.165, 1.54) is 27.4 Å². The first-order valence-corrected chi connectivity index (χ1v) is 10.9. The Morgan fingerprint density at radius 1 is 0.765 bits per heavy atom. The zero-order valence-electron chi connectivity index (χ0n) is 19.0. The van der Waals surface area contributed by atoms with Crippen molar-refractivity contribution < 1.29 is 39.4 Å². The summed E-state index contributed by atoms with van der Waals surface area (Å²) in [5, 5.41) is 41.7. The van der Waals surface area contributed by atoms with Crippen molar-refractivity contribution in [1.29, 1.82) is 0 Å². The van der Waals surface area contributed by atoms with Gasteiger partial charge >= 0.3 is 0 Å². The van der Waals surface area contributed by atoms with E-state index < -0.39 is 0 Å². The summed E-state index contributed by atoms with van der Waals surface area (Å²) < 4.78 is 22.3. The van der Waals surface area contributed by atoms with Crippen molar-refractivity contribution in [3.8, 4) is 40.2 Å². The van der Waals surface area contributed by atoms with Crippen molar-refractivity contribution in [2.75, 3.05) is 27.9 Å². The normalized spacial score (nSPS) is 22.8. The van der Waals surface area contributed by atoms with Gasteiger partial charge < -0.3 is 39.4 Å². The maximum Gasteiger partial charge on any atom is 0.200 e. The van der Waals surface area contributed by atoms with Crippen molar-refractivity contribution in [1.82, 2.24) is 0 Å². The lowest BCUT2D eigenvalue weighted by molar-refractivity contribution is 0.0988. The average Bonchev–Trinajstić information content (AvgIpc) is 3.39. The van der Waals surface area contributed by atoms with Crippen molar-refractivity contribution >= 4 is 0 Å². The van der Waals surface area contributed by atoms with Gasteiger partial charge in [0.15, 0.2) is 23.0 Å². The molecule has 1 aliphatic carbocycles. The van der Waals surface area contributed by atoms with E-state index in [1.807, 2.05) is 0 Å². The van der Waals surface area contributed by atoms with Crippen LogP contribution in [0.2, 0.25) is 0 Å². The summed E-state index contributed by atoms with van der Waals surface area (Å²) in [4.78, 5) is 0. The topological polar surface area (TPSA) is 118 Å². The van der Waals surface area contributed by atoms with Gasteiger partial charge in [-0.3, -0.25) is 0 Å². The third-order valence-electron chi connectivity index (χ3n) is 6.92. The van der Waals surface area contributed by atoms with Crippen LogP contribution in [0.5, 0.6) is 40.2 Å². The molecule has 2 unspecified atom stereocenters. The Balaban J connectivity index is 1.67. The minimum atomic E-state index is -0.384. The van der Waals surface area contributed by atoms with Crippen LogP contribution in [-0.4, -0.2) is 48.4 Å². The van der Waals surface area contributed by atoms with Crippen LogP contribution in [-0.2, 0) is 4.74 Å². The van der Waals surface area contributed by atoms with Crippen LogP contribution < -0.4 is 14.2 Å². The van der Waals surface area contributed by atoms with Crippen molar-refractivity contribution in [2.24, 2.45) is 5.92 Å². The van der Waals surface area contributed by atoms with Gasteiger partial charge in [-0.05, 0) is 47.0 Å². The number of fused-ring (bicyclic) bond motifs is 3. The molecule has 34 heavy (non-hydrogen) atoms. The molecule has 0 saturated carbocycles. The van der Waals surface area contributed by atoms with E-state index in [0.717, 1.165) is 16.7 Å². The second-order valence-corrected chi connectivity index (χ2v) is 8.59. The molecule has 5 rings (SSSR count). The number of methoxy groups -OCH3 is 3. The van der Waals surface area contributed by atoms with E-state index in [1.54, 1.807) is 36.4 Å². The zero-order valence-corrected chi connectivity index (χ0v) is 19.0. The molecule has 1 fully saturated rings. The van der Waals surface area contributed by atoms with E-state index in [4.69, 9.17) is 18.9 Å². The molecular formula is C26H26O8. The van der Waals surface area contributed by atoms with Gasteiger partial charge in [-0.1, -0.05) is 6.07 Å². The maximum atomic E-state index is 10.9. The molecule has 1 heterocycles. The fraction of sp³-hybridized carbons (Fsp3) is 0.308. The molecule has 2 aliphatic rings. The third-order valence-corrected chi connectivity index (χ3v) is 6.92. The van der Waals surface area contributed by atoms with Gasteiger partial charge in [0, 0.05) is 29.4 Å². The van der Waals surface area contributed by atoms with Gasteiger partial charge in [0.2, 0.25) is 5.75 Å². The number of benzene rings is 3. The molecule has 3 aromatic rings. The van der Waals surface area contributed by atoms with Gasteiger partial charge in [0.05, 0.1) is 34.0 Å². The van der Waals surface area contributed by atoms with Crippen molar-refractivity contribution in [3.63, 3.8) is 0 Å².